The number of rotatable bonds is 7. The molecule has 3 aromatic rings. The number of aldehydes is 1. The van der Waals surface area contributed by atoms with Gasteiger partial charge < -0.3 is 14.7 Å². The Bertz CT molecular complexity index is 1930. The molecule has 3 aliphatic rings. The molecule has 0 unspecified atom stereocenters. The van der Waals surface area contributed by atoms with Crippen LogP contribution in [0.1, 0.15) is 115 Å². The molecular formula is C37H40N4NiO3. The van der Waals surface area contributed by atoms with Crippen molar-refractivity contribution in [2.75, 3.05) is 7.11 Å². The van der Waals surface area contributed by atoms with Gasteiger partial charge in [-0.25, -0.2) is 4.98 Å². The van der Waals surface area contributed by atoms with Gasteiger partial charge in [0, 0.05) is 24.0 Å². The number of fused-ring (bicyclic) bond motifs is 8. The number of carbonyl (C=O) groups is 2. The fourth-order valence-corrected chi connectivity index (χ4v) is 7.47. The molecule has 236 valence electrons. The van der Waals surface area contributed by atoms with E-state index < -0.39 is 0 Å². The smallest absolute Gasteiger partial charge is 0.657 e. The SMILES string of the molecule is CCC1=C(C)c2cc3[n-]c(c(C)c3CC)c(/C=C/C=O)c3nc(c4c5[n-]c(cc1n2)c(C)c5CC4)[C@@H](CCC(=O)OC)[C@@H]3C.[Ni+2]. The predicted octanol–water partition coefficient (Wildman–Crippen LogP) is 7.24. The average molecular weight is 647 g/mol. The molecule has 2 atom stereocenters. The normalized spacial score (nSPS) is 17.2. The van der Waals surface area contributed by atoms with Crippen LogP contribution in [-0.2, 0) is 50.1 Å². The van der Waals surface area contributed by atoms with Crippen LogP contribution in [0.5, 0.6) is 0 Å². The van der Waals surface area contributed by atoms with Crippen LogP contribution in [0.3, 0.4) is 0 Å². The first kappa shape index (κ1) is 32.6. The van der Waals surface area contributed by atoms with E-state index in [2.05, 4.69) is 53.7 Å². The van der Waals surface area contributed by atoms with E-state index in [1.165, 1.54) is 35.5 Å². The summed E-state index contributed by atoms with van der Waals surface area (Å²) >= 11 is 0. The van der Waals surface area contributed by atoms with Crippen molar-refractivity contribution in [2.24, 2.45) is 0 Å². The minimum absolute atomic E-state index is 0. The van der Waals surface area contributed by atoms with E-state index >= 15 is 0 Å². The van der Waals surface area contributed by atoms with Crippen LogP contribution in [0.15, 0.2) is 18.2 Å². The van der Waals surface area contributed by atoms with Crippen molar-refractivity contribution in [1.82, 2.24) is 19.9 Å². The standard InChI is InChI=1S/C37H41N4O3.Ni/c1-8-23-19(3)29-17-32-24(9-2)21(5)34(40-32)27(11-10-16-42)35-22(6)26(14-15-33(43)44-7)37(41-35)28-13-12-25-20(4)30(39-36(25)28)18-31(23)38-29;/h10-11,16-18,22,26H,8-9,12-15H2,1-7H3,(H-,38,39,40,41,42);/q-1;+2/p-1/t22-,26-;/m0./s1. The summed E-state index contributed by atoms with van der Waals surface area (Å²) in [6.45, 7) is 12.9. The summed E-state index contributed by atoms with van der Waals surface area (Å²) in [5.74, 6) is -0.225. The van der Waals surface area contributed by atoms with Gasteiger partial charge in [0.25, 0.3) is 0 Å². The molecule has 8 bridgehead atoms. The van der Waals surface area contributed by atoms with Gasteiger partial charge in [-0.05, 0) is 81.2 Å². The van der Waals surface area contributed by atoms with Gasteiger partial charge in [-0.2, -0.15) is 0 Å². The minimum Gasteiger partial charge on any atom is -0.657 e. The molecule has 6 rings (SSSR count). The molecule has 5 heterocycles. The van der Waals surface area contributed by atoms with E-state index in [1.54, 1.807) is 0 Å². The number of ether oxygens (including phenoxy) is 1. The summed E-state index contributed by atoms with van der Waals surface area (Å²) in [6, 6.07) is 4.26. The third kappa shape index (κ3) is 5.41. The molecule has 0 amide bonds. The van der Waals surface area contributed by atoms with E-state index in [4.69, 9.17) is 24.7 Å². The van der Waals surface area contributed by atoms with Crippen molar-refractivity contribution >= 4 is 51.5 Å². The molecule has 0 aromatic carbocycles. The third-order valence-corrected chi connectivity index (χ3v) is 9.95. The fraction of sp³-hybridized carbons (Fsp3) is 0.405. The van der Waals surface area contributed by atoms with Gasteiger partial charge in [-0.15, -0.1) is 22.1 Å². The number of carbonyl (C=O) groups excluding carboxylic acids is 2. The zero-order chi connectivity index (χ0) is 31.3. The van der Waals surface area contributed by atoms with Gasteiger partial charge in [0.15, 0.2) is 0 Å². The molecule has 45 heavy (non-hydrogen) atoms. The topological polar surface area (TPSA) is 97.4 Å². The van der Waals surface area contributed by atoms with Crippen molar-refractivity contribution in [2.45, 2.75) is 91.9 Å². The summed E-state index contributed by atoms with van der Waals surface area (Å²) in [7, 11) is 1.43. The first-order chi connectivity index (χ1) is 21.2. The van der Waals surface area contributed by atoms with Crippen LogP contribution < -0.4 is 9.97 Å². The first-order valence-electron chi connectivity index (χ1n) is 15.8. The van der Waals surface area contributed by atoms with Crippen molar-refractivity contribution in [3.63, 3.8) is 0 Å². The molecule has 0 saturated carbocycles. The van der Waals surface area contributed by atoms with Crippen LogP contribution in [0.2, 0.25) is 0 Å². The van der Waals surface area contributed by atoms with Gasteiger partial charge in [-0.1, -0.05) is 61.2 Å². The second-order valence-corrected chi connectivity index (χ2v) is 12.2. The maximum absolute atomic E-state index is 12.3. The molecule has 8 heteroatoms. The third-order valence-electron chi connectivity index (χ3n) is 9.95. The van der Waals surface area contributed by atoms with Gasteiger partial charge in [-0.3, -0.25) is 14.6 Å². The number of methoxy groups -OCH3 is 1. The summed E-state index contributed by atoms with van der Waals surface area (Å²) in [6.07, 6.45) is 8.56. The summed E-state index contributed by atoms with van der Waals surface area (Å²) in [5, 5.41) is 0. The molecule has 2 aliphatic heterocycles. The van der Waals surface area contributed by atoms with Crippen LogP contribution in [0, 0.1) is 13.8 Å². The Balaban J connectivity index is 0.00000400. The van der Waals surface area contributed by atoms with E-state index in [-0.39, 0.29) is 34.3 Å². The largest absolute Gasteiger partial charge is 2.00 e. The molecule has 1 aliphatic carbocycles. The van der Waals surface area contributed by atoms with Crippen molar-refractivity contribution in [1.29, 1.82) is 0 Å². The number of aryl methyl sites for hydroxylation is 5. The number of hydrogen-bond acceptors (Lipinski definition) is 5. The predicted molar refractivity (Wildman–Crippen MR) is 175 cm³/mol. The molecule has 7 nitrogen and oxygen atoms in total. The molecule has 0 spiro atoms. The maximum atomic E-state index is 12.3. The summed E-state index contributed by atoms with van der Waals surface area (Å²) < 4.78 is 5.02. The zero-order valence-electron chi connectivity index (χ0n) is 27.1. The molecule has 0 radical (unpaired) electrons. The molecular weight excluding hydrogens is 607 g/mol. The average Bonchev–Trinajstić information content (AvgIpc) is 3.79. The molecule has 0 saturated heterocycles. The van der Waals surface area contributed by atoms with Crippen LogP contribution in [-0.4, -0.2) is 29.3 Å². The Labute approximate surface area is 274 Å². The van der Waals surface area contributed by atoms with E-state index in [0.717, 1.165) is 99.1 Å². The van der Waals surface area contributed by atoms with Crippen molar-refractivity contribution < 1.29 is 30.8 Å². The second-order valence-electron chi connectivity index (χ2n) is 12.2. The van der Waals surface area contributed by atoms with E-state index in [0.29, 0.717) is 12.8 Å². The Hall–Kier alpha value is -3.77. The quantitative estimate of drug-likeness (QED) is 0.115. The van der Waals surface area contributed by atoms with E-state index in [1.807, 2.05) is 6.08 Å². The Kier molecular flexibility index (Phi) is 9.37. The monoisotopic (exact) mass is 646 g/mol. The second kappa shape index (κ2) is 12.9. The summed E-state index contributed by atoms with van der Waals surface area (Å²) in [4.78, 5) is 44.9. The zero-order valence-corrected chi connectivity index (χ0v) is 28.1. The van der Waals surface area contributed by atoms with Gasteiger partial charge in [0.05, 0.1) is 24.2 Å². The molecule has 0 N–H and O–H groups in total. The summed E-state index contributed by atoms with van der Waals surface area (Å²) in [5.41, 5.74) is 16.6. The van der Waals surface area contributed by atoms with E-state index in [9.17, 15) is 9.59 Å². The van der Waals surface area contributed by atoms with Crippen molar-refractivity contribution in [3.8, 4) is 0 Å². The Morgan fingerprint density at radius 2 is 1.67 bits per heavy atom. The number of nitrogens with zero attached hydrogens (tertiary/aromatic N) is 4. The molecule has 3 aromatic heterocycles. The number of hydrogen-bond donors (Lipinski definition) is 0. The first-order valence-corrected chi connectivity index (χ1v) is 15.8. The number of aromatic nitrogens is 4. The van der Waals surface area contributed by atoms with Crippen LogP contribution in [0.25, 0.3) is 39.3 Å². The van der Waals surface area contributed by atoms with Gasteiger partial charge in [0.1, 0.15) is 6.29 Å². The van der Waals surface area contributed by atoms with Crippen LogP contribution >= 0.6 is 0 Å². The van der Waals surface area contributed by atoms with Gasteiger partial charge in [0.2, 0.25) is 0 Å². The Morgan fingerprint density at radius 1 is 0.956 bits per heavy atom. The van der Waals surface area contributed by atoms with Crippen molar-refractivity contribution in [3.05, 3.63) is 74.4 Å². The number of esters is 1. The van der Waals surface area contributed by atoms with Crippen LogP contribution in [0.4, 0.5) is 0 Å². The Morgan fingerprint density at radius 3 is 2.36 bits per heavy atom. The molecule has 0 fully saturated rings. The minimum atomic E-state index is -0.227. The van der Waals surface area contributed by atoms with Gasteiger partial charge >= 0.3 is 22.5 Å². The number of allylic oxidation sites excluding steroid dienone is 3. The maximum Gasteiger partial charge on any atom is 2.00 e. The fourth-order valence-electron chi connectivity index (χ4n) is 7.47.